The average Bonchev–Trinajstić information content (AvgIpc) is 2.63. The summed E-state index contributed by atoms with van der Waals surface area (Å²) in [6.45, 7) is 6.60. The first-order chi connectivity index (χ1) is 8.04. The standard InChI is InChI=1S/C12H24N4O/c1-10-9-16(6-7-17-5)12(14-10)13-8-11(2)15(3)4/h9,11H,6-8H2,1-5H3,(H,13,14). The number of imidazole rings is 1. The molecular formula is C12H24N4O. The number of rotatable bonds is 7. The van der Waals surface area contributed by atoms with Crippen LogP contribution in [0, 0.1) is 6.92 Å². The Labute approximate surface area is 104 Å². The zero-order valence-corrected chi connectivity index (χ0v) is 11.5. The van der Waals surface area contributed by atoms with Crippen LogP contribution < -0.4 is 5.32 Å². The van der Waals surface area contributed by atoms with Gasteiger partial charge in [0.05, 0.1) is 12.3 Å². The van der Waals surface area contributed by atoms with Crippen LogP contribution in [-0.4, -0.2) is 54.8 Å². The second kappa shape index (κ2) is 6.61. The number of anilines is 1. The highest BCUT2D eigenvalue weighted by molar-refractivity contribution is 5.28. The Kier molecular flexibility index (Phi) is 5.44. The molecule has 0 aliphatic carbocycles. The number of methoxy groups -OCH3 is 1. The fourth-order valence-corrected chi connectivity index (χ4v) is 1.47. The molecule has 0 saturated heterocycles. The van der Waals surface area contributed by atoms with Crippen LogP contribution in [0.4, 0.5) is 5.95 Å². The average molecular weight is 240 g/mol. The third-order valence-corrected chi connectivity index (χ3v) is 2.87. The lowest BCUT2D eigenvalue weighted by atomic mass is 10.3. The number of ether oxygens (including phenoxy) is 1. The van der Waals surface area contributed by atoms with Crippen molar-refractivity contribution in [3.63, 3.8) is 0 Å². The smallest absolute Gasteiger partial charge is 0.203 e. The van der Waals surface area contributed by atoms with E-state index in [9.17, 15) is 0 Å². The van der Waals surface area contributed by atoms with E-state index in [1.807, 2.05) is 13.1 Å². The number of likely N-dealkylation sites (N-methyl/N-ethyl adjacent to an activating group) is 1. The Hall–Kier alpha value is -1.07. The molecule has 1 rings (SSSR count). The van der Waals surface area contributed by atoms with Gasteiger partial charge in [0.25, 0.3) is 0 Å². The molecule has 0 aliphatic rings. The monoisotopic (exact) mass is 240 g/mol. The Morgan fingerprint density at radius 3 is 2.82 bits per heavy atom. The molecule has 1 N–H and O–H groups in total. The molecule has 0 spiro atoms. The topological polar surface area (TPSA) is 42.3 Å². The maximum Gasteiger partial charge on any atom is 0.203 e. The first-order valence-corrected chi connectivity index (χ1v) is 5.97. The second-order valence-electron chi connectivity index (χ2n) is 4.59. The number of nitrogens with one attached hydrogen (secondary N) is 1. The van der Waals surface area contributed by atoms with Crippen molar-refractivity contribution in [2.24, 2.45) is 0 Å². The summed E-state index contributed by atoms with van der Waals surface area (Å²) < 4.78 is 7.19. The lowest BCUT2D eigenvalue weighted by Crippen LogP contribution is -2.32. The largest absolute Gasteiger partial charge is 0.383 e. The normalized spacial score (nSPS) is 13.1. The van der Waals surface area contributed by atoms with Gasteiger partial charge in [0.15, 0.2) is 0 Å². The number of aryl methyl sites for hydroxylation is 1. The summed E-state index contributed by atoms with van der Waals surface area (Å²) in [6, 6.07) is 0.475. The van der Waals surface area contributed by atoms with E-state index in [4.69, 9.17) is 4.74 Å². The lowest BCUT2D eigenvalue weighted by Gasteiger charge is -2.20. The minimum atomic E-state index is 0.475. The summed E-state index contributed by atoms with van der Waals surface area (Å²) in [5.74, 6) is 0.924. The third-order valence-electron chi connectivity index (χ3n) is 2.87. The molecular weight excluding hydrogens is 216 g/mol. The number of hydrogen-bond donors (Lipinski definition) is 1. The van der Waals surface area contributed by atoms with E-state index in [-0.39, 0.29) is 0 Å². The molecule has 1 aromatic rings. The predicted octanol–water partition coefficient (Wildman–Crippen LogP) is 1.20. The molecule has 0 fully saturated rings. The van der Waals surface area contributed by atoms with Crippen molar-refractivity contribution in [3.8, 4) is 0 Å². The van der Waals surface area contributed by atoms with Gasteiger partial charge in [-0.2, -0.15) is 0 Å². The van der Waals surface area contributed by atoms with Crippen LogP contribution in [0.3, 0.4) is 0 Å². The minimum absolute atomic E-state index is 0.475. The van der Waals surface area contributed by atoms with Gasteiger partial charge < -0.3 is 19.5 Å². The molecule has 1 aromatic heterocycles. The van der Waals surface area contributed by atoms with E-state index in [1.54, 1.807) is 7.11 Å². The maximum absolute atomic E-state index is 5.09. The number of hydrogen-bond acceptors (Lipinski definition) is 4. The molecule has 0 bridgehead atoms. The van der Waals surface area contributed by atoms with Gasteiger partial charge in [0.1, 0.15) is 0 Å². The minimum Gasteiger partial charge on any atom is -0.383 e. The lowest BCUT2D eigenvalue weighted by molar-refractivity contribution is 0.187. The van der Waals surface area contributed by atoms with Gasteiger partial charge in [0, 0.05) is 32.4 Å². The molecule has 17 heavy (non-hydrogen) atoms. The molecule has 0 radical (unpaired) electrons. The van der Waals surface area contributed by atoms with E-state index in [2.05, 4.69) is 40.8 Å². The van der Waals surface area contributed by atoms with Crippen molar-refractivity contribution < 1.29 is 4.74 Å². The van der Waals surface area contributed by atoms with Crippen molar-refractivity contribution in [2.75, 3.05) is 39.7 Å². The molecule has 98 valence electrons. The molecule has 0 aliphatic heterocycles. The van der Waals surface area contributed by atoms with Crippen molar-refractivity contribution in [1.82, 2.24) is 14.5 Å². The zero-order valence-electron chi connectivity index (χ0n) is 11.5. The first kappa shape index (κ1) is 14.0. The van der Waals surface area contributed by atoms with Crippen LogP contribution in [0.2, 0.25) is 0 Å². The van der Waals surface area contributed by atoms with Crippen LogP contribution in [0.1, 0.15) is 12.6 Å². The van der Waals surface area contributed by atoms with Gasteiger partial charge in [-0.05, 0) is 27.9 Å². The van der Waals surface area contributed by atoms with Crippen LogP contribution >= 0.6 is 0 Å². The van der Waals surface area contributed by atoms with E-state index in [0.717, 1.165) is 24.7 Å². The Morgan fingerprint density at radius 1 is 1.53 bits per heavy atom. The van der Waals surface area contributed by atoms with Crippen LogP contribution in [0.15, 0.2) is 6.20 Å². The van der Waals surface area contributed by atoms with Crippen LogP contribution in [-0.2, 0) is 11.3 Å². The Bertz CT molecular complexity index is 335. The highest BCUT2D eigenvalue weighted by atomic mass is 16.5. The zero-order chi connectivity index (χ0) is 12.8. The number of aromatic nitrogens is 2. The Morgan fingerprint density at radius 2 is 2.24 bits per heavy atom. The van der Waals surface area contributed by atoms with E-state index in [0.29, 0.717) is 12.6 Å². The van der Waals surface area contributed by atoms with E-state index >= 15 is 0 Å². The van der Waals surface area contributed by atoms with Gasteiger partial charge in [-0.25, -0.2) is 4.98 Å². The van der Waals surface area contributed by atoms with Gasteiger partial charge in [-0.15, -0.1) is 0 Å². The van der Waals surface area contributed by atoms with Gasteiger partial charge >= 0.3 is 0 Å². The molecule has 1 atom stereocenters. The summed E-state index contributed by atoms with van der Waals surface area (Å²) in [5, 5.41) is 3.38. The molecule has 0 aromatic carbocycles. The highest BCUT2D eigenvalue weighted by Crippen LogP contribution is 2.08. The van der Waals surface area contributed by atoms with Crippen molar-refractivity contribution in [3.05, 3.63) is 11.9 Å². The Balaban J connectivity index is 2.57. The number of nitrogens with zero attached hydrogens (tertiary/aromatic N) is 3. The van der Waals surface area contributed by atoms with Gasteiger partial charge in [0.2, 0.25) is 5.95 Å². The second-order valence-corrected chi connectivity index (χ2v) is 4.59. The maximum atomic E-state index is 5.09. The molecule has 0 saturated carbocycles. The molecule has 5 heteroatoms. The van der Waals surface area contributed by atoms with Crippen LogP contribution in [0.25, 0.3) is 0 Å². The SMILES string of the molecule is COCCn1cc(C)nc1NCC(C)N(C)C. The van der Waals surface area contributed by atoms with Crippen molar-refractivity contribution in [2.45, 2.75) is 26.4 Å². The summed E-state index contributed by atoms with van der Waals surface area (Å²) in [7, 11) is 5.87. The third kappa shape index (κ3) is 4.36. The summed E-state index contributed by atoms with van der Waals surface area (Å²) in [5.41, 5.74) is 1.03. The summed E-state index contributed by atoms with van der Waals surface area (Å²) in [6.07, 6.45) is 2.04. The fraction of sp³-hybridized carbons (Fsp3) is 0.750. The molecule has 1 unspecified atom stereocenters. The predicted molar refractivity (Wildman–Crippen MR) is 70.5 cm³/mol. The summed E-state index contributed by atoms with van der Waals surface area (Å²) >= 11 is 0. The summed E-state index contributed by atoms with van der Waals surface area (Å²) in [4.78, 5) is 6.66. The van der Waals surface area contributed by atoms with Crippen molar-refractivity contribution in [1.29, 1.82) is 0 Å². The van der Waals surface area contributed by atoms with E-state index < -0.39 is 0 Å². The van der Waals surface area contributed by atoms with Crippen molar-refractivity contribution >= 4 is 5.95 Å². The fourth-order valence-electron chi connectivity index (χ4n) is 1.47. The highest BCUT2D eigenvalue weighted by Gasteiger charge is 2.08. The van der Waals surface area contributed by atoms with E-state index in [1.165, 1.54) is 0 Å². The molecule has 1 heterocycles. The molecule has 5 nitrogen and oxygen atoms in total. The van der Waals surface area contributed by atoms with Crippen LogP contribution in [0.5, 0.6) is 0 Å². The first-order valence-electron chi connectivity index (χ1n) is 5.97. The van der Waals surface area contributed by atoms with Gasteiger partial charge in [-0.3, -0.25) is 0 Å². The quantitative estimate of drug-likeness (QED) is 0.777. The van der Waals surface area contributed by atoms with Gasteiger partial charge in [-0.1, -0.05) is 0 Å². The molecule has 0 amide bonds.